The number of anilines is 1. The highest BCUT2D eigenvalue weighted by Crippen LogP contribution is 2.24. The topological polar surface area (TPSA) is 79.4 Å². The van der Waals surface area contributed by atoms with Crippen molar-refractivity contribution in [2.24, 2.45) is 0 Å². The zero-order chi connectivity index (χ0) is 10.7. The van der Waals surface area contributed by atoms with E-state index >= 15 is 0 Å². The Morgan fingerprint density at radius 2 is 2.14 bits per heavy atom. The number of hydrogen-bond donors (Lipinski definition) is 3. The molecule has 1 aromatic heterocycles. The zero-order valence-corrected chi connectivity index (χ0v) is 8.70. The van der Waals surface area contributed by atoms with Crippen LogP contribution in [0.2, 0.25) is 5.15 Å². The van der Waals surface area contributed by atoms with Crippen molar-refractivity contribution < 1.29 is 10.2 Å². The van der Waals surface area contributed by atoms with Gasteiger partial charge in [-0.05, 0) is 6.07 Å². The highest BCUT2D eigenvalue weighted by Gasteiger charge is 2.20. The number of nitrogen functional groups attached to an aromatic ring is 1. The third-order valence-corrected chi connectivity index (χ3v) is 2.30. The summed E-state index contributed by atoms with van der Waals surface area (Å²) in [4.78, 5) is 3.75. The molecule has 0 radical (unpaired) electrons. The van der Waals surface area contributed by atoms with Crippen LogP contribution in [0, 0.1) is 0 Å². The van der Waals surface area contributed by atoms with Gasteiger partial charge in [-0.15, -0.1) is 11.6 Å². The maximum absolute atomic E-state index is 9.56. The largest absolute Gasteiger partial charge is 0.398 e. The Labute approximate surface area is 91.3 Å². The lowest BCUT2D eigenvalue weighted by Crippen LogP contribution is -2.20. The fourth-order valence-corrected chi connectivity index (χ4v) is 1.33. The molecule has 0 aromatic carbocycles. The van der Waals surface area contributed by atoms with E-state index in [1.165, 1.54) is 12.3 Å². The maximum atomic E-state index is 9.56. The van der Waals surface area contributed by atoms with Crippen LogP contribution in [0.15, 0.2) is 12.3 Å². The summed E-state index contributed by atoms with van der Waals surface area (Å²) in [5.41, 5.74) is 6.18. The number of pyridine rings is 1. The number of nitrogens with zero attached hydrogens (tertiary/aromatic N) is 1. The van der Waals surface area contributed by atoms with E-state index in [9.17, 15) is 10.2 Å². The fourth-order valence-electron chi connectivity index (χ4n) is 0.993. The third kappa shape index (κ3) is 2.48. The first-order valence-electron chi connectivity index (χ1n) is 3.89. The second-order valence-electron chi connectivity index (χ2n) is 2.80. The molecule has 1 rings (SSSR count). The Balaban J connectivity index is 2.95. The van der Waals surface area contributed by atoms with Crippen molar-refractivity contribution in [3.8, 4) is 0 Å². The maximum Gasteiger partial charge on any atom is 0.131 e. The number of halogens is 2. The molecule has 0 amide bonds. The molecule has 4 nitrogen and oxygen atoms in total. The molecule has 0 spiro atoms. The van der Waals surface area contributed by atoms with E-state index in [1.807, 2.05) is 0 Å². The summed E-state index contributed by atoms with van der Waals surface area (Å²) in [7, 11) is 0. The van der Waals surface area contributed by atoms with Crippen LogP contribution in [-0.4, -0.2) is 27.2 Å². The van der Waals surface area contributed by atoms with Crippen LogP contribution in [0.5, 0.6) is 0 Å². The zero-order valence-electron chi connectivity index (χ0n) is 7.19. The number of rotatable bonds is 3. The van der Waals surface area contributed by atoms with Crippen LogP contribution in [-0.2, 0) is 0 Å². The molecule has 2 unspecified atom stereocenters. The van der Waals surface area contributed by atoms with E-state index < -0.39 is 12.2 Å². The van der Waals surface area contributed by atoms with Crippen molar-refractivity contribution in [3.63, 3.8) is 0 Å². The molecule has 2 atom stereocenters. The minimum Gasteiger partial charge on any atom is -0.398 e. The molecule has 14 heavy (non-hydrogen) atoms. The van der Waals surface area contributed by atoms with E-state index in [1.54, 1.807) is 0 Å². The predicted octanol–water partition coefficient (Wildman–Crippen LogP) is 0.950. The average molecular weight is 237 g/mol. The number of aliphatic hydroxyl groups is 2. The molecule has 78 valence electrons. The second kappa shape index (κ2) is 4.79. The molecule has 0 aliphatic carbocycles. The summed E-state index contributed by atoms with van der Waals surface area (Å²) >= 11 is 11.0. The highest BCUT2D eigenvalue weighted by molar-refractivity contribution is 6.29. The molecule has 0 aliphatic rings. The van der Waals surface area contributed by atoms with Crippen LogP contribution in [0.4, 0.5) is 5.69 Å². The lowest BCUT2D eigenvalue weighted by molar-refractivity contribution is 0.0330. The van der Waals surface area contributed by atoms with E-state index in [4.69, 9.17) is 28.9 Å². The van der Waals surface area contributed by atoms with E-state index in [-0.39, 0.29) is 16.7 Å². The molecular formula is C8H10Cl2N2O2. The van der Waals surface area contributed by atoms with Crippen molar-refractivity contribution in [1.29, 1.82) is 0 Å². The number of aliphatic hydroxyl groups excluding tert-OH is 2. The fraction of sp³-hybridized carbons (Fsp3) is 0.375. The van der Waals surface area contributed by atoms with Gasteiger partial charge in [0, 0.05) is 17.4 Å². The number of aromatic nitrogens is 1. The monoisotopic (exact) mass is 236 g/mol. The van der Waals surface area contributed by atoms with E-state index in [2.05, 4.69) is 4.98 Å². The van der Waals surface area contributed by atoms with Crippen molar-refractivity contribution >= 4 is 28.9 Å². The van der Waals surface area contributed by atoms with Crippen LogP contribution >= 0.6 is 23.2 Å². The average Bonchev–Trinajstić information content (AvgIpc) is 2.15. The number of hydrogen-bond acceptors (Lipinski definition) is 4. The van der Waals surface area contributed by atoms with Gasteiger partial charge < -0.3 is 15.9 Å². The third-order valence-electron chi connectivity index (χ3n) is 1.78. The summed E-state index contributed by atoms with van der Waals surface area (Å²) in [5, 5.41) is 19.1. The van der Waals surface area contributed by atoms with Gasteiger partial charge in [-0.2, -0.15) is 0 Å². The van der Waals surface area contributed by atoms with Gasteiger partial charge in [0.25, 0.3) is 0 Å². The van der Waals surface area contributed by atoms with Gasteiger partial charge in [0.1, 0.15) is 11.3 Å². The summed E-state index contributed by atoms with van der Waals surface area (Å²) in [6.45, 7) is 0. The molecule has 4 N–H and O–H groups in total. The van der Waals surface area contributed by atoms with Crippen LogP contribution in [0.3, 0.4) is 0 Å². The van der Waals surface area contributed by atoms with Crippen LogP contribution in [0.1, 0.15) is 11.7 Å². The summed E-state index contributed by atoms with van der Waals surface area (Å²) in [6.07, 6.45) is -0.892. The van der Waals surface area contributed by atoms with Gasteiger partial charge in [0.2, 0.25) is 0 Å². The van der Waals surface area contributed by atoms with Gasteiger partial charge in [0.05, 0.1) is 12.0 Å². The first-order chi connectivity index (χ1) is 6.56. The molecule has 0 saturated heterocycles. The second-order valence-corrected chi connectivity index (χ2v) is 3.50. The molecule has 0 fully saturated rings. The van der Waals surface area contributed by atoms with Crippen LogP contribution in [0.25, 0.3) is 0 Å². The quantitative estimate of drug-likeness (QED) is 0.540. The lowest BCUT2D eigenvalue weighted by Gasteiger charge is -2.16. The Morgan fingerprint density at radius 3 is 2.64 bits per heavy atom. The summed E-state index contributed by atoms with van der Waals surface area (Å²) in [5.74, 6) is -0.0801. The summed E-state index contributed by atoms with van der Waals surface area (Å²) in [6, 6.07) is 1.40. The molecule has 0 aliphatic heterocycles. The minimum atomic E-state index is -1.14. The number of nitrogens with two attached hydrogens (primary N) is 1. The van der Waals surface area contributed by atoms with Gasteiger partial charge in [-0.3, -0.25) is 0 Å². The van der Waals surface area contributed by atoms with Gasteiger partial charge in [-0.25, -0.2) is 4.98 Å². The Kier molecular flexibility index (Phi) is 3.95. The lowest BCUT2D eigenvalue weighted by atomic mass is 10.1. The predicted molar refractivity (Wildman–Crippen MR) is 55.3 cm³/mol. The van der Waals surface area contributed by atoms with E-state index in [0.717, 1.165) is 0 Å². The van der Waals surface area contributed by atoms with Gasteiger partial charge in [0.15, 0.2) is 0 Å². The highest BCUT2D eigenvalue weighted by atomic mass is 35.5. The van der Waals surface area contributed by atoms with Gasteiger partial charge in [-0.1, -0.05) is 11.6 Å². The number of alkyl halides is 1. The molecule has 0 saturated carbocycles. The van der Waals surface area contributed by atoms with E-state index in [0.29, 0.717) is 5.56 Å². The van der Waals surface area contributed by atoms with Crippen molar-refractivity contribution in [1.82, 2.24) is 4.98 Å². The van der Waals surface area contributed by atoms with Crippen molar-refractivity contribution in [2.75, 3.05) is 11.6 Å². The molecule has 0 bridgehead atoms. The first kappa shape index (κ1) is 11.5. The SMILES string of the molecule is Nc1cc(Cl)ncc1C(O)C(O)CCl. The summed E-state index contributed by atoms with van der Waals surface area (Å²) < 4.78 is 0. The molecule has 6 heteroatoms. The first-order valence-corrected chi connectivity index (χ1v) is 4.80. The standard InChI is InChI=1S/C8H10Cl2N2O2/c9-2-6(13)8(14)4-3-12-7(10)1-5(4)11/h1,3,6,8,13-14H,2H2,(H2,11,12). The molecule has 1 aromatic rings. The molecule has 1 heterocycles. The van der Waals surface area contributed by atoms with Crippen molar-refractivity contribution in [2.45, 2.75) is 12.2 Å². The minimum absolute atomic E-state index is 0.0801. The molecular weight excluding hydrogens is 227 g/mol. The Morgan fingerprint density at radius 1 is 1.50 bits per heavy atom. The normalized spacial score (nSPS) is 15.1. The van der Waals surface area contributed by atoms with Crippen LogP contribution < -0.4 is 5.73 Å². The van der Waals surface area contributed by atoms with Gasteiger partial charge >= 0.3 is 0 Å². The Bertz CT molecular complexity index is 322. The van der Waals surface area contributed by atoms with Crippen molar-refractivity contribution in [3.05, 3.63) is 23.0 Å². The Hall–Kier alpha value is -0.550. The smallest absolute Gasteiger partial charge is 0.131 e.